The first kappa shape index (κ1) is 12.9. The van der Waals surface area contributed by atoms with Gasteiger partial charge in [0.15, 0.2) is 0 Å². The summed E-state index contributed by atoms with van der Waals surface area (Å²) >= 11 is 0. The second kappa shape index (κ2) is 5.81. The molecule has 1 aromatic rings. The van der Waals surface area contributed by atoms with Crippen LogP contribution in [0.1, 0.15) is 11.4 Å². The molecule has 0 saturated carbocycles. The van der Waals surface area contributed by atoms with Gasteiger partial charge in [0.25, 0.3) is 0 Å². The first-order chi connectivity index (χ1) is 7.47. The summed E-state index contributed by atoms with van der Waals surface area (Å²) in [5.41, 5.74) is 1.68. The first-order valence-corrected chi connectivity index (χ1v) is 4.81. The van der Waals surface area contributed by atoms with Crippen molar-refractivity contribution in [3.63, 3.8) is 0 Å². The van der Waals surface area contributed by atoms with Crippen molar-refractivity contribution in [3.05, 3.63) is 29.6 Å². The van der Waals surface area contributed by atoms with E-state index in [1.165, 1.54) is 0 Å². The predicted molar refractivity (Wildman–Crippen MR) is 52.7 cm³/mol. The van der Waals surface area contributed by atoms with Crippen LogP contribution >= 0.6 is 0 Å². The van der Waals surface area contributed by atoms with E-state index in [-0.39, 0.29) is 6.54 Å². The van der Waals surface area contributed by atoms with Gasteiger partial charge in [-0.05, 0) is 19.1 Å². The molecular formula is C10H13F3N2O. The molecule has 6 heteroatoms. The van der Waals surface area contributed by atoms with Gasteiger partial charge in [-0.1, -0.05) is 6.07 Å². The van der Waals surface area contributed by atoms with Gasteiger partial charge in [0.1, 0.15) is 0 Å². The number of ether oxygens (including phenoxy) is 1. The number of hydrogen-bond donors (Lipinski definition) is 1. The Kier molecular flexibility index (Phi) is 4.70. The number of alkyl halides is 3. The summed E-state index contributed by atoms with van der Waals surface area (Å²) in [4.78, 5) is 4.19. The highest BCUT2D eigenvalue weighted by atomic mass is 19.4. The molecule has 0 aliphatic heterocycles. The number of hydrogen-bond acceptors (Lipinski definition) is 3. The molecule has 16 heavy (non-hydrogen) atoms. The van der Waals surface area contributed by atoms with Crippen molar-refractivity contribution in [1.29, 1.82) is 0 Å². The molecule has 1 heterocycles. The standard InChI is InChI=1S/C10H13F3N2O/c1-8-3-2-4-9(15-8)7-14-5-6-16-10(11,12)13/h2-4,14H,5-7H2,1H3. The van der Waals surface area contributed by atoms with E-state index in [1.807, 2.05) is 25.1 Å². The number of nitrogens with one attached hydrogen (secondary N) is 1. The molecule has 0 spiro atoms. The Morgan fingerprint density at radius 3 is 2.75 bits per heavy atom. The van der Waals surface area contributed by atoms with Gasteiger partial charge in [-0.25, -0.2) is 0 Å². The van der Waals surface area contributed by atoms with E-state index in [9.17, 15) is 13.2 Å². The summed E-state index contributed by atoms with van der Waals surface area (Å²) in [6, 6.07) is 5.52. The predicted octanol–water partition coefficient (Wildman–Crippen LogP) is 2.02. The van der Waals surface area contributed by atoms with Crippen LogP contribution in [-0.4, -0.2) is 24.5 Å². The van der Waals surface area contributed by atoms with E-state index in [2.05, 4.69) is 15.0 Å². The van der Waals surface area contributed by atoms with Crippen molar-refractivity contribution < 1.29 is 17.9 Å². The fourth-order valence-corrected chi connectivity index (χ4v) is 1.15. The van der Waals surface area contributed by atoms with Gasteiger partial charge in [0, 0.05) is 18.8 Å². The third-order valence-corrected chi connectivity index (χ3v) is 1.80. The Hall–Kier alpha value is -1.14. The summed E-state index contributed by atoms with van der Waals surface area (Å²) < 4.78 is 38.4. The third-order valence-electron chi connectivity index (χ3n) is 1.80. The Bertz CT molecular complexity index is 328. The maximum absolute atomic E-state index is 11.6. The van der Waals surface area contributed by atoms with Gasteiger partial charge in [0.05, 0.1) is 12.3 Å². The third kappa shape index (κ3) is 5.67. The average Bonchev–Trinajstić information content (AvgIpc) is 2.15. The summed E-state index contributed by atoms with van der Waals surface area (Å²) in [6.45, 7) is 2.03. The fraction of sp³-hybridized carbons (Fsp3) is 0.500. The van der Waals surface area contributed by atoms with E-state index in [4.69, 9.17) is 0 Å². The molecule has 0 aliphatic rings. The zero-order valence-electron chi connectivity index (χ0n) is 8.84. The van der Waals surface area contributed by atoms with Crippen LogP contribution in [0.4, 0.5) is 13.2 Å². The van der Waals surface area contributed by atoms with Crippen molar-refractivity contribution in [2.24, 2.45) is 0 Å². The fourth-order valence-electron chi connectivity index (χ4n) is 1.15. The molecule has 0 amide bonds. The number of aromatic nitrogens is 1. The van der Waals surface area contributed by atoms with Gasteiger partial charge < -0.3 is 5.32 Å². The zero-order chi connectivity index (χ0) is 12.0. The SMILES string of the molecule is Cc1cccc(CNCCOC(F)(F)F)n1. The van der Waals surface area contributed by atoms with Crippen molar-refractivity contribution in [2.45, 2.75) is 19.8 Å². The van der Waals surface area contributed by atoms with Gasteiger partial charge in [0.2, 0.25) is 0 Å². The Balaban J connectivity index is 2.17. The topological polar surface area (TPSA) is 34.1 Å². The molecule has 0 radical (unpaired) electrons. The molecular weight excluding hydrogens is 221 g/mol. The number of rotatable bonds is 5. The smallest absolute Gasteiger partial charge is 0.309 e. The lowest BCUT2D eigenvalue weighted by Gasteiger charge is -2.08. The van der Waals surface area contributed by atoms with E-state index in [1.54, 1.807) is 0 Å². The van der Waals surface area contributed by atoms with Crippen LogP contribution in [-0.2, 0) is 11.3 Å². The Morgan fingerprint density at radius 1 is 1.38 bits per heavy atom. The molecule has 0 bridgehead atoms. The summed E-state index contributed by atoms with van der Waals surface area (Å²) in [7, 11) is 0. The molecule has 3 nitrogen and oxygen atoms in total. The van der Waals surface area contributed by atoms with Crippen LogP contribution < -0.4 is 5.32 Å². The number of halogens is 3. The molecule has 0 aromatic carbocycles. The highest BCUT2D eigenvalue weighted by molar-refractivity contribution is 5.09. The minimum atomic E-state index is -4.55. The molecule has 0 fully saturated rings. The van der Waals surface area contributed by atoms with E-state index in [0.29, 0.717) is 6.54 Å². The normalized spacial score (nSPS) is 11.8. The van der Waals surface area contributed by atoms with Crippen LogP contribution in [0.5, 0.6) is 0 Å². The molecule has 1 N–H and O–H groups in total. The zero-order valence-corrected chi connectivity index (χ0v) is 8.84. The van der Waals surface area contributed by atoms with Crippen molar-refractivity contribution in [1.82, 2.24) is 10.3 Å². The Morgan fingerprint density at radius 2 is 2.12 bits per heavy atom. The summed E-state index contributed by atoms with van der Waals surface area (Å²) in [6.07, 6.45) is -4.55. The minimum Gasteiger partial charge on any atom is -0.309 e. The number of pyridine rings is 1. The van der Waals surface area contributed by atoms with E-state index in [0.717, 1.165) is 11.4 Å². The monoisotopic (exact) mass is 234 g/mol. The summed E-state index contributed by atoms with van der Waals surface area (Å²) in [5, 5.41) is 2.81. The lowest BCUT2D eigenvalue weighted by atomic mass is 10.3. The largest absolute Gasteiger partial charge is 0.522 e. The molecule has 0 unspecified atom stereocenters. The lowest BCUT2D eigenvalue weighted by molar-refractivity contribution is -0.323. The number of aryl methyl sites for hydroxylation is 1. The maximum Gasteiger partial charge on any atom is 0.522 e. The Labute approximate surface area is 91.6 Å². The highest BCUT2D eigenvalue weighted by Gasteiger charge is 2.28. The molecule has 90 valence electrons. The molecule has 0 atom stereocenters. The van der Waals surface area contributed by atoms with Crippen LogP contribution in [0.15, 0.2) is 18.2 Å². The van der Waals surface area contributed by atoms with E-state index >= 15 is 0 Å². The van der Waals surface area contributed by atoms with Crippen LogP contribution in [0, 0.1) is 6.92 Å². The van der Waals surface area contributed by atoms with Gasteiger partial charge in [-0.2, -0.15) is 0 Å². The van der Waals surface area contributed by atoms with Crippen molar-refractivity contribution >= 4 is 0 Å². The maximum atomic E-state index is 11.6. The van der Waals surface area contributed by atoms with Gasteiger partial charge in [-0.15, -0.1) is 13.2 Å². The molecule has 1 rings (SSSR count). The second-order valence-electron chi connectivity index (χ2n) is 3.24. The molecule has 0 saturated heterocycles. The quantitative estimate of drug-likeness (QED) is 0.791. The van der Waals surface area contributed by atoms with Crippen LogP contribution in [0.25, 0.3) is 0 Å². The summed E-state index contributed by atoms with van der Waals surface area (Å²) in [5.74, 6) is 0. The van der Waals surface area contributed by atoms with Gasteiger partial charge >= 0.3 is 6.36 Å². The number of nitrogens with zero attached hydrogens (tertiary/aromatic N) is 1. The van der Waals surface area contributed by atoms with Crippen molar-refractivity contribution in [3.8, 4) is 0 Å². The molecule has 0 aliphatic carbocycles. The second-order valence-corrected chi connectivity index (χ2v) is 3.24. The first-order valence-electron chi connectivity index (χ1n) is 4.81. The van der Waals surface area contributed by atoms with Crippen molar-refractivity contribution in [2.75, 3.05) is 13.2 Å². The molecule has 1 aromatic heterocycles. The lowest BCUT2D eigenvalue weighted by Crippen LogP contribution is -2.24. The van der Waals surface area contributed by atoms with E-state index < -0.39 is 13.0 Å². The van der Waals surface area contributed by atoms with Gasteiger partial charge in [-0.3, -0.25) is 9.72 Å². The highest BCUT2D eigenvalue weighted by Crippen LogP contribution is 2.15. The van der Waals surface area contributed by atoms with Crippen LogP contribution in [0.2, 0.25) is 0 Å². The average molecular weight is 234 g/mol. The van der Waals surface area contributed by atoms with Crippen LogP contribution in [0.3, 0.4) is 0 Å². The minimum absolute atomic E-state index is 0.134.